The van der Waals surface area contributed by atoms with E-state index in [2.05, 4.69) is 61.0 Å². The van der Waals surface area contributed by atoms with Crippen molar-refractivity contribution in [3.05, 3.63) is 136 Å². The summed E-state index contributed by atoms with van der Waals surface area (Å²) in [5.74, 6) is -4.33. The van der Waals surface area contributed by atoms with Gasteiger partial charge in [0.15, 0.2) is 0 Å². The van der Waals surface area contributed by atoms with Crippen LogP contribution in [0.5, 0.6) is 5.75 Å². The molecule has 0 saturated carbocycles. The molecule has 3 N–H and O–H groups in total. The maximum absolute atomic E-state index is 13.9. The van der Waals surface area contributed by atoms with Gasteiger partial charge in [-0.25, -0.2) is 4.79 Å². The largest absolute Gasteiger partial charge is 0.507 e. The Bertz CT molecular complexity index is 2080. The van der Waals surface area contributed by atoms with E-state index < -0.39 is 56.7 Å². The van der Waals surface area contributed by atoms with Crippen LogP contribution in [0.15, 0.2) is 125 Å². The number of phenols is 1. The van der Waals surface area contributed by atoms with Gasteiger partial charge in [0.1, 0.15) is 5.75 Å². The van der Waals surface area contributed by atoms with Crippen molar-refractivity contribution in [3.63, 3.8) is 0 Å². The SMILES string of the molecule is COC(=O)N1C(=O)[C@@H]2[C@@H](CC(CO[Si](c3ccccc3)(c3ccccc3)C(C)(C)C)=C([C@H](O)CC/C(=C/c3cc(Br)ccc3O)c3ccccc3)[C@@H]2CO)C1=O. The van der Waals surface area contributed by atoms with Gasteiger partial charge >= 0.3 is 6.09 Å². The van der Waals surface area contributed by atoms with E-state index in [1.165, 1.54) is 0 Å². The van der Waals surface area contributed by atoms with Crippen LogP contribution in [-0.4, -0.2) is 72.9 Å². The van der Waals surface area contributed by atoms with Crippen molar-refractivity contribution < 1.29 is 38.9 Å². The third-order valence-corrected chi connectivity index (χ3v) is 16.6. The van der Waals surface area contributed by atoms with E-state index in [-0.39, 0.29) is 30.2 Å². The molecule has 1 aliphatic carbocycles. The summed E-state index contributed by atoms with van der Waals surface area (Å²) in [5.41, 5.74) is 3.40. The molecule has 1 aliphatic heterocycles. The Morgan fingerprint density at radius 2 is 1.52 bits per heavy atom. The number of ether oxygens (including phenoxy) is 1. The number of aliphatic hydroxyl groups is 2. The van der Waals surface area contributed by atoms with E-state index >= 15 is 0 Å². The molecule has 4 atom stereocenters. The van der Waals surface area contributed by atoms with Crippen molar-refractivity contribution >= 4 is 64.2 Å². The van der Waals surface area contributed by atoms with Gasteiger partial charge in [-0.05, 0) is 81.2 Å². The summed E-state index contributed by atoms with van der Waals surface area (Å²) in [5, 5.41) is 35.8. The lowest BCUT2D eigenvalue weighted by Crippen LogP contribution is -2.66. The lowest BCUT2D eigenvalue weighted by atomic mass is 9.68. The van der Waals surface area contributed by atoms with Gasteiger partial charge in [0, 0.05) is 16.0 Å². The van der Waals surface area contributed by atoms with Crippen LogP contribution in [0.3, 0.4) is 0 Å². The van der Waals surface area contributed by atoms with E-state index in [4.69, 9.17) is 9.16 Å². The molecule has 4 aromatic carbocycles. The molecule has 0 unspecified atom stereocenters. The second kappa shape index (κ2) is 17.2. The van der Waals surface area contributed by atoms with E-state index in [1.807, 2.05) is 78.9 Å². The Balaban J connectivity index is 1.45. The van der Waals surface area contributed by atoms with Crippen LogP contribution in [0.1, 0.15) is 51.2 Å². The molecule has 2 aliphatic rings. The molecular formula is C45H48BrNO8Si. The predicted octanol–water partition coefficient (Wildman–Crippen LogP) is 7.09. The van der Waals surface area contributed by atoms with Gasteiger partial charge in [0.25, 0.3) is 8.32 Å². The number of amides is 3. The zero-order valence-corrected chi connectivity index (χ0v) is 34.6. The fourth-order valence-electron chi connectivity index (χ4n) is 8.55. The van der Waals surface area contributed by atoms with E-state index in [0.717, 1.165) is 33.1 Å². The number of carbonyl (C=O) groups excluding carboxylic acids is 3. The van der Waals surface area contributed by atoms with Crippen molar-refractivity contribution in [2.45, 2.75) is 51.2 Å². The quantitative estimate of drug-likeness (QED) is 0.0597. The number of aromatic hydroxyl groups is 1. The van der Waals surface area contributed by atoms with Crippen LogP contribution in [0.4, 0.5) is 4.79 Å². The molecule has 0 bridgehead atoms. The van der Waals surface area contributed by atoms with Crippen molar-refractivity contribution in [1.82, 2.24) is 4.90 Å². The number of aliphatic hydroxyl groups excluding tert-OH is 2. The molecule has 56 heavy (non-hydrogen) atoms. The monoisotopic (exact) mass is 837 g/mol. The molecule has 292 valence electrons. The average molecular weight is 839 g/mol. The molecule has 4 aromatic rings. The highest BCUT2D eigenvalue weighted by Crippen LogP contribution is 2.47. The van der Waals surface area contributed by atoms with Crippen LogP contribution >= 0.6 is 15.9 Å². The predicted molar refractivity (Wildman–Crippen MR) is 222 cm³/mol. The third-order valence-electron chi connectivity index (χ3n) is 11.1. The standard InChI is InChI=1S/C45H48BrNO8Si/c1-45(2,3)56(34-16-10-6-11-17-34,35-18-12-7-13-19-35)55-28-32-26-36-41(43(52)47(42(36)51)44(53)54-4)37(27-48)40(32)39(50)22-20-30(29-14-8-5-9-15-29)24-31-25-33(46)21-23-38(31)49/h5-19,21,23-25,36-37,39,41,48-50H,20,22,26-28H2,1-4H3/b30-24-/t36-,37+,39-,41-/m1/s1. The first-order valence-electron chi connectivity index (χ1n) is 18.8. The van der Waals surface area contributed by atoms with E-state index in [0.29, 0.717) is 28.0 Å². The summed E-state index contributed by atoms with van der Waals surface area (Å²) in [7, 11) is -2.01. The fraction of sp³-hybridized carbons (Fsp3) is 0.311. The molecule has 0 radical (unpaired) electrons. The van der Waals surface area contributed by atoms with Gasteiger partial charge in [0.2, 0.25) is 11.8 Å². The van der Waals surface area contributed by atoms with E-state index in [1.54, 1.807) is 12.1 Å². The summed E-state index contributed by atoms with van der Waals surface area (Å²) in [6, 6.07) is 35.1. The second-order valence-corrected chi connectivity index (χ2v) is 20.6. The Kier molecular flexibility index (Phi) is 12.6. The summed E-state index contributed by atoms with van der Waals surface area (Å²) in [4.78, 5) is 40.9. The van der Waals surface area contributed by atoms with Gasteiger partial charge in [-0.15, -0.1) is 0 Å². The first kappa shape index (κ1) is 41.0. The van der Waals surface area contributed by atoms with Crippen molar-refractivity contribution in [3.8, 4) is 5.75 Å². The normalized spacial score (nSPS) is 19.6. The van der Waals surface area contributed by atoms with Crippen molar-refractivity contribution in [1.29, 1.82) is 0 Å². The lowest BCUT2D eigenvalue weighted by molar-refractivity contribution is -0.137. The highest BCUT2D eigenvalue weighted by molar-refractivity contribution is 9.10. The number of halogens is 1. The molecule has 1 saturated heterocycles. The molecule has 1 heterocycles. The summed E-state index contributed by atoms with van der Waals surface area (Å²) >= 11 is 3.49. The number of hydrogen-bond donors (Lipinski definition) is 3. The first-order valence-corrected chi connectivity index (χ1v) is 21.5. The number of likely N-dealkylation sites (tertiary alicyclic amines) is 1. The Morgan fingerprint density at radius 1 is 0.929 bits per heavy atom. The topological polar surface area (TPSA) is 134 Å². The van der Waals surface area contributed by atoms with Gasteiger partial charge in [-0.3, -0.25) is 9.59 Å². The Hall–Kier alpha value is -4.65. The molecule has 0 spiro atoms. The lowest BCUT2D eigenvalue weighted by Gasteiger charge is -2.44. The first-order chi connectivity index (χ1) is 26.8. The Morgan fingerprint density at radius 3 is 2.07 bits per heavy atom. The van der Waals surface area contributed by atoms with Gasteiger partial charge in [-0.1, -0.05) is 128 Å². The molecule has 1 fully saturated rings. The minimum absolute atomic E-state index is 0.0202. The number of rotatable bonds is 12. The minimum Gasteiger partial charge on any atom is -0.507 e. The number of carbonyl (C=O) groups is 3. The number of imide groups is 3. The molecule has 9 nitrogen and oxygen atoms in total. The maximum atomic E-state index is 13.9. The highest BCUT2D eigenvalue weighted by atomic mass is 79.9. The van der Waals surface area contributed by atoms with Crippen molar-refractivity contribution in [2.24, 2.45) is 17.8 Å². The number of methoxy groups -OCH3 is 1. The third kappa shape index (κ3) is 7.96. The number of nitrogens with zero attached hydrogens (tertiary/aromatic N) is 1. The second-order valence-electron chi connectivity index (χ2n) is 15.4. The Labute approximate surface area is 337 Å². The number of hydrogen-bond acceptors (Lipinski definition) is 8. The summed E-state index contributed by atoms with van der Waals surface area (Å²) in [6.45, 7) is 5.95. The zero-order chi connectivity index (χ0) is 40.2. The molecule has 11 heteroatoms. The number of benzene rings is 4. The molecule has 3 amide bonds. The summed E-state index contributed by atoms with van der Waals surface area (Å²) in [6.07, 6.45) is 0.242. The van der Waals surface area contributed by atoms with Gasteiger partial charge in [-0.2, -0.15) is 4.90 Å². The van der Waals surface area contributed by atoms with Crippen LogP contribution in [-0.2, 0) is 18.8 Å². The molecular weight excluding hydrogens is 790 g/mol. The average Bonchev–Trinajstić information content (AvgIpc) is 3.45. The van der Waals surface area contributed by atoms with Crippen LogP contribution < -0.4 is 10.4 Å². The molecule has 0 aromatic heterocycles. The maximum Gasteiger partial charge on any atom is 0.423 e. The van der Waals surface area contributed by atoms with Crippen LogP contribution in [0.25, 0.3) is 11.6 Å². The number of fused-ring (bicyclic) bond motifs is 1. The zero-order valence-electron chi connectivity index (χ0n) is 32.0. The van der Waals surface area contributed by atoms with Crippen LogP contribution in [0, 0.1) is 17.8 Å². The minimum atomic E-state index is -3.12. The number of allylic oxidation sites excluding steroid dienone is 1. The summed E-state index contributed by atoms with van der Waals surface area (Å²) < 4.78 is 12.9. The van der Waals surface area contributed by atoms with Crippen LogP contribution in [0.2, 0.25) is 5.04 Å². The van der Waals surface area contributed by atoms with Crippen molar-refractivity contribution in [2.75, 3.05) is 20.3 Å². The van der Waals surface area contributed by atoms with Gasteiger partial charge in [0.05, 0.1) is 38.3 Å². The van der Waals surface area contributed by atoms with E-state index in [9.17, 15) is 29.7 Å². The number of phenolic OH excluding ortho intramolecular Hbond substituents is 1. The fourth-order valence-corrected chi connectivity index (χ4v) is 13.5. The highest BCUT2D eigenvalue weighted by Gasteiger charge is 2.58. The smallest absolute Gasteiger partial charge is 0.423 e. The molecule has 6 rings (SSSR count). The van der Waals surface area contributed by atoms with Gasteiger partial charge < -0.3 is 24.5 Å².